The topological polar surface area (TPSA) is 81.7 Å². The van der Waals surface area contributed by atoms with E-state index in [1.165, 1.54) is 0 Å². The second kappa shape index (κ2) is 9.30. The molecular formula is C25H32NO5P. The van der Waals surface area contributed by atoms with Crippen molar-refractivity contribution in [3.63, 3.8) is 0 Å². The quantitative estimate of drug-likeness (QED) is 0.485. The van der Waals surface area contributed by atoms with E-state index in [0.29, 0.717) is 36.4 Å². The Bertz CT molecular complexity index is 1080. The summed E-state index contributed by atoms with van der Waals surface area (Å²) in [7, 11) is -3.19. The predicted molar refractivity (Wildman–Crippen MR) is 127 cm³/mol. The van der Waals surface area contributed by atoms with Gasteiger partial charge in [0.1, 0.15) is 0 Å². The molecule has 0 aromatic heterocycles. The van der Waals surface area contributed by atoms with Gasteiger partial charge < -0.3 is 14.4 Å². The lowest BCUT2D eigenvalue weighted by molar-refractivity contribution is 0.0862. The molecule has 6 nitrogen and oxygen atoms in total. The third-order valence-corrected chi connectivity index (χ3v) is 7.81. The van der Waals surface area contributed by atoms with Crippen molar-refractivity contribution in [2.45, 2.75) is 54.1 Å². The highest BCUT2D eigenvalue weighted by molar-refractivity contribution is 7.53. The van der Waals surface area contributed by atoms with E-state index in [-0.39, 0.29) is 17.9 Å². The van der Waals surface area contributed by atoms with E-state index in [4.69, 9.17) is 9.05 Å². The van der Waals surface area contributed by atoms with Crippen LogP contribution in [0.25, 0.3) is 0 Å². The first-order valence-electron chi connectivity index (χ1n) is 11.0. The molecule has 1 aliphatic carbocycles. The predicted octanol–water partition coefficient (Wildman–Crippen LogP) is 6.09. The van der Waals surface area contributed by atoms with Crippen LogP contribution in [0.2, 0.25) is 0 Å². The first kappa shape index (κ1) is 24.4. The van der Waals surface area contributed by atoms with Crippen molar-refractivity contribution in [1.29, 1.82) is 0 Å². The Balaban J connectivity index is 1.82. The van der Waals surface area contributed by atoms with Crippen LogP contribution in [0.15, 0.2) is 30.3 Å². The lowest BCUT2D eigenvalue weighted by Gasteiger charge is -2.17. The Kier molecular flexibility index (Phi) is 7.09. The molecule has 0 fully saturated rings. The number of Topliss-reactive ketones (excluding diaryl/α,β-unsaturated/α-hetero) is 1. The highest BCUT2D eigenvalue weighted by Crippen LogP contribution is 2.51. The molecule has 1 N–H and O–H groups in total. The maximum atomic E-state index is 13.2. The van der Waals surface area contributed by atoms with Crippen molar-refractivity contribution in [2.75, 3.05) is 18.5 Å². The number of amides is 1. The molecule has 0 radical (unpaired) electrons. The number of hydrogen-bond donors (Lipinski definition) is 1. The Morgan fingerprint density at radius 3 is 2.22 bits per heavy atom. The zero-order valence-electron chi connectivity index (χ0n) is 19.7. The van der Waals surface area contributed by atoms with Crippen molar-refractivity contribution in [3.8, 4) is 0 Å². The van der Waals surface area contributed by atoms with Gasteiger partial charge >= 0.3 is 7.60 Å². The summed E-state index contributed by atoms with van der Waals surface area (Å²) in [6.45, 7) is 11.9. The third kappa shape index (κ3) is 4.88. The van der Waals surface area contributed by atoms with Gasteiger partial charge in [-0.05, 0) is 68.5 Å². The molecule has 0 saturated carbocycles. The van der Waals surface area contributed by atoms with Gasteiger partial charge in [-0.1, -0.05) is 32.0 Å². The molecule has 0 saturated heterocycles. The van der Waals surface area contributed by atoms with Crippen LogP contribution in [0.5, 0.6) is 0 Å². The second-order valence-electron chi connectivity index (χ2n) is 8.88. The molecule has 0 aliphatic heterocycles. The van der Waals surface area contributed by atoms with Gasteiger partial charge in [0.15, 0.2) is 5.78 Å². The van der Waals surface area contributed by atoms with Crippen LogP contribution in [-0.2, 0) is 26.2 Å². The fourth-order valence-electron chi connectivity index (χ4n) is 4.37. The molecule has 0 heterocycles. The van der Waals surface area contributed by atoms with Crippen LogP contribution in [0.3, 0.4) is 0 Å². The maximum Gasteiger partial charge on any atom is 0.335 e. The fourth-order valence-corrected chi connectivity index (χ4v) is 6.07. The minimum absolute atomic E-state index is 0.0939. The number of benzene rings is 2. The summed E-state index contributed by atoms with van der Waals surface area (Å²) in [4.78, 5) is 26.1. The van der Waals surface area contributed by atoms with Crippen LogP contribution in [0, 0.1) is 19.3 Å². The summed E-state index contributed by atoms with van der Waals surface area (Å²) in [5, 5.41) is 2.95. The van der Waals surface area contributed by atoms with Gasteiger partial charge in [-0.2, -0.15) is 0 Å². The number of fused-ring (bicyclic) bond motifs is 1. The molecule has 0 atom stereocenters. The van der Waals surface area contributed by atoms with Crippen molar-refractivity contribution >= 4 is 25.0 Å². The van der Waals surface area contributed by atoms with Gasteiger partial charge in [0.2, 0.25) is 0 Å². The number of aryl methyl sites for hydroxylation is 2. The van der Waals surface area contributed by atoms with Gasteiger partial charge in [0.25, 0.3) is 5.91 Å². The van der Waals surface area contributed by atoms with Crippen LogP contribution in [0.1, 0.15) is 70.7 Å². The van der Waals surface area contributed by atoms with Crippen LogP contribution >= 0.6 is 7.60 Å². The largest absolute Gasteiger partial charge is 0.335 e. The number of hydrogen-bond acceptors (Lipinski definition) is 5. The number of carbonyl (C=O) groups is 2. The summed E-state index contributed by atoms with van der Waals surface area (Å²) >= 11 is 0. The zero-order chi connectivity index (χ0) is 23.7. The number of anilines is 1. The molecular weight excluding hydrogens is 425 g/mol. The summed E-state index contributed by atoms with van der Waals surface area (Å²) in [6, 6.07) is 9.07. The molecule has 2 aromatic rings. The van der Waals surface area contributed by atoms with Gasteiger partial charge in [0, 0.05) is 22.2 Å². The normalized spacial score (nSPS) is 15.0. The monoisotopic (exact) mass is 457 g/mol. The summed E-state index contributed by atoms with van der Waals surface area (Å²) in [5.41, 5.74) is 4.78. The highest BCUT2D eigenvalue weighted by atomic mass is 31.2. The first-order valence-corrected chi connectivity index (χ1v) is 12.7. The number of nitrogens with one attached hydrogen (secondary N) is 1. The SMILES string of the molecule is CCOP(=O)(Cc1ccc(NC(=O)c2c(C)cc(C)c3c2CC(C)(C)C3=O)cc1)OCC. The van der Waals surface area contributed by atoms with Crippen LogP contribution < -0.4 is 5.32 Å². The number of carbonyl (C=O) groups excluding carboxylic acids is 2. The Labute approximate surface area is 190 Å². The maximum absolute atomic E-state index is 13.2. The molecule has 3 rings (SSSR count). The zero-order valence-corrected chi connectivity index (χ0v) is 20.6. The van der Waals surface area contributed by atoms with Crippen LogP contribution in [-0.4, -0.2) is 24.9 Å². The van der Waals surface area contributed by atoms with E-state index in [0.717, 1.165) is 22.3 Å². The molecule has 7 heteroatoms. The van der Waals surface area contributed by atoms with E-state index < -0.39 is 13.0 Å². The van der Waals surface area contributed by atoms with Gasteiger partial charge in [0.05, 0.1) is 19.4 Å². The molecule has 2 aromatic carbocycles. The van der Waals surface area contributed by atoms with Gasteiger partial charge in [-0.3, -0.25) is 14.2 Å². The molecule has 0 bridgehead atoms. The number of ketones is 1. The average molecular weight is 458 g/mol. The van der Waals surface area contributed by atoms with E-state index in [1.54, 1.807) is 38.1 Å². The molecule has 32 heavy (non-hydrogen) atoms. The summed E-state index contributed by atoms with van der Waals surface area (Å²) < 4.78 is 23.4. The average Bonchev–Trinajstić information content (AvgIpc) is 2.92. The van der Waals surface area contributed by atoms with Crippen molar-refractivity contribution in [2.24, 2.45) is 5.41 Å². The Hall–Kier alpha value is -2.27. The lowest BCUT2D eigenvalue weighted by atomic mass is 9.88. The van der Waals surface area contributed by atoms with Gasteiger partial charge in [-0.15, -0.1) is 0 Å². The smallest absolute Gasteiger partial charge is 0.322 e. The number of rotatable bonds is 8. The van der Waals surface area contributed by atoms with Crippen LogP contribution in [0.4, 0.5) is 5.69 Å². The first-order chi connectivity index (χ1) is 15.0. The lowest BCUT2D eigenvalue weighted by Crippen LogP contribution is -2.19. The minimum Gasteiger partial charge on any atom is -0.322 e. The summed E-state index contributed by atoms with van der Waals surface area (Å²) in [6.07, 6.45) is 0.722. The van der Waals surface area contributed by atoms with E-state index >= 15 is 0 Å². The molecule has 172 valence electrons. The van der Waals surface area contributed by atoms with Gasteiger partial charge in [-0.25, -0.2) is 0 Å². The third-order valence-electron chi connectivity index (χ3n) is 5.75. The molecule has 1 amide bonds. The van der Waals surface area contributed by atoms with Crippen molar-refractivity contribution in [1.82, 2.24) is 0 Å². The molecule has 0 unspecified atom stereocenters. The molecule has 1 aliphatic rings. The minimum atomic E-state index is -3.19. The second-order valence-corrected chi connectivity index (χ2v) is 10.9. The van der Waals surface area contributed by atoms with E-state index in [2.05, 4.69) is 5.32 Å². The summed E-state index contributed by atoms with van der Waals surface area (Å²) in [5.74, 6) is -0.136. The van der Waals surface area contributed by atoms with Crippen molar-refractivity contribution in [3.05, 3.63) is 63.7 Å². The van der Waals surface area contributed by atoms with E-state index in [1.807, 2.05) is 33.8 Å². The Morgan fingerprint density at radius 2 is 1.66 bits per heavy atom. The molecule has 0 spiro atoms. The van der Waals surface area contributed by atoms with E-state index in [9.17, 15) is 14.2 Å². The fraction of sp³-hybridized carbons (Fsp3) is 0.440. The Morgan fingerprint density at radius 1 is 1.06 bits per heavy atom. The standard InChI is InChI=1S/C25H32NO5P/c1-7-30-32(29,31-8-2)15-18-9-11-19(12-10-18)26-24(28)22-17(4)13-16(3)21-20(22)14-25(5,6)23(21)27/h9-13H,7-8,14-15H2,1-6H3,(H,26,28). The highest BCUT2D eigenvalue weighted by Gasteiger charge is 2.41. The van der Waals surface area contributed by atoms with Crippen molar-refractivity contribution < 1.29 is 23.2 Å².